The van der Waals surface area contributed by atoms with Crippen LogP contribution in [0.1, 0.15) is 26.2 Å². The zero-order valence-corrected chi connectivity index (χ0v) is 16.4. The average Bonchev–Trinajstić information content (AvgIpc) is 3.31. The zero-order chi connectivity index (χ0) is 19.3. The van der Waals surface area contributed by atoms with Crippen molar-refractivity contribution in [2.75, 3.05) is 26.2 Å². The van der Waals surface area contributed by atoms with Crippen molar-refractivity contribution in [1.29, 1.82) is 0 Å². The predicted molar refractivity (Wildman–Crippen MR) is 109 cm³/mol. The molecule has 2 aliphatic rings. The highest BCUT2D eigenvalue weighted by molar-refractivity contribution is 5.78. The highest BCUT2D eigenvalue weighted by atomic mass is 16.5. The van der Waals surface area contributed by atoms with Gasteiger partial charge >= 0.3 is 0 Å². The second-order valence-corrected chi connectivity index (χ2v) is 7.73. The molecule has 0 spiro atoms. The maximum absolute atomic E-state index is 12.5. The van der Waals surface area contributed by atoms with E-state index in [2.05, 4.69) is 11.8 Å². The molecule has 2 aromatic rings. The van der Waals surface area contributed by atoms with E-state index in [1.807, 2.05) is 59.5 Å². The molecule has 0 bridgehead atoms. The van der Waals surface area contributed by atoms with Gasteiger partial charge in [0.15, 0.2) is 0 Å². The molecule has 0 radical (unpaired) electrons. The average molecular weight is 380 g/mol. The van der Waals surface area contributed by atoms with Crippen LogP contribution in [0.15, 0.2) is 54.6 Å². The summed E-state index contributed by atoms with van der Waals surface area (Å²) in [7, 11) is 0. The van der Waals surface area contributed by atoms with Gasteiger partial charge in [-0.15, -0.1) is 0 Å². The van der Waals surface area contributed by atoms with E-state index in [-0.39, 0.29) is 12.0 Å². The lowest BCUT2D eigenvalue weighted by atomic mass is 10.2. The van der Waals surface area contributed by atoms with Crippen molar-refractivity contribution in [3.8, 4) is 17.2 Å². The highest BCUT2D eigenvalue weighted by Gasteiger charge is 2.30. The van der Waals surface area contributed by atoms with Crippen molar-refractivity contribution in [2.45, 2.75) is 38.3 Å². The second kappa shape index (κ2) is 8.65. The maximum Gasteiger partial charge on any atom is 0.236 e. The summed E-state index contributed by atoms with van der Waals surface area (Å²) in [4.78, 5) is 16.8. The standard InChI is InChI=1S/C23H28N2O3/c1-18-7-6-13-25(18)23(26)17-24-14-12-22(16-24)28-21-11-5-10-20(15-21)27-19-8-3-2-4-9-19/h2-5,8-11,15,18,22H,6-7,12-14,16-17H2,1H3/t18-,22+/m1/s1. The van der Waals surface area contributed by atoms with Gasteiger partial charge < -0.3 is 14.4 Å². The van der Waals surface area contributed by atoms with Crippen LogP contribution in [-0.2, 0) is 4.79 Å². The quantitative estimate of drug-likeness (QED) is 0.761. The van der Waals surface area contributed by atoms with Crippen molar-refractivity contribution in [3.63, 3.8) is 0 Å². The Kier molecular flexibility index (Phi) is 5.81. The van der Waals surface area contributed by atoms with Gasteiger partial charge in [0.05, 0.1) is 6.54 Å². The first-order chi connectivity index (χ1) is 13.7. The van der Waals surface area contributed by atoms with Gasteiger partial charge in [-0.3, -0.25) is 9.69 Å². The number of rotatable bonds is 6. The van der Waals surface area contributed by atoms with Crippen LogP contribution >= 0.6 is 0 Å². The lowest BCUT2D eigenvalue weighted by Gasteiger charge is -2.24. The predicted octanol–water partition coefficient (Wildman–Crippen LogP) is 3.94. The first-order valence-corrected chi connectivity index (χ1v) is 10.2. The number of carbonyl (C=O) groups is 1. The molecule has 2 saturated heterocycles. The minimum atomic E-state index is 0.107. The molecule has 5 nitrogen and oxygen atoms in total. The van der Waals surface area contributed by atoms with Gasteiger partial charge in [0.25, 0.3) is 0 Å². The van der Waals surface area contributed by atoms with Gasteiger partial charge in [0.1, 0.15) is 23.4 Å². The van der Waals surface area contributed by atoms with E-state index < -0.39 is 0 Å². The van der Waals surface area contributed by atoms with Gasteiger partial charge in [-0.1, -0.05) is 24.3 Å². The normalized spacial score (nSPS) is 22.4. The van der Waals surface area contributed by atoms with Crippen molar-refractivity contribution in [2.24, 2.45) is 0 Å². The molecule has 0 N–H and O–H groups in total. The lowest BCUT2D eigenvalue weighted by molar-refractivity contribution is -0.132. The first-order valence-electron chi connectivity index (χ1n) is 10.2. The van der Waals surface area contributed by atoms with Crippen molar-refractivity contribution < 1.29 is 14.3 Å². The first kappa shape index (κ1) is 18.8. The Morgan fingerprint density at radius 2 is 1.79 bits per heavy atom. The number of ether oxygens (including phenoxy) is 2. The van der Waals surface area contributed by atoms with Gasteiger partial charge in [-0.2, -0.15) is 0 Å². The number of para-hydroxylation sites is 1. The third kappa shape index (κ3) is 4.65. The lowest BCUT2D eigenvalue weighted by Crippen LogP contribution is -2.41. The van der Waals surface area contributed by atoms with Gasteiger partial charge in [-0.05, 0) is 50.5 Å². The highest BCUT2D eigenvalue weighted by Crippen LogP contribution is 2.27. The molecule has 5 heteroatoms. The van der Waals surface area contributed by atoms with Crippen molar-refractivity contribution in [1.82, 2.24) is 9.80 Å². The number of carbonyl (C=O) groups excluding carboxylic acids is 1. The van der Waals surface area contributed by atoms with Crippen molar-refractivity contribution >= 4 is 5.91 Å². The molecule has 2 heterocycles. The number of amides is 1. The molecule has 2 aliphatic heterocycles. The Balaban J connectivity index is 1.29. The van der Waals surface area contributed by atoms with Gasteiger partial charge in [0.2, 0.25) is 5.91 Å². The molecule has 0 saturated carbocycles. The molecule has 0 aromatic heterocycles. The van der Waals surface area contributed by atoms with Crippen LogP contribution in [0.5, 0.6) is 17.2 Å². The fourth-order valence-electron chi connectivity index (χ4n) is 4.05. The molecule has 2 aromatic carbocycles. The van der Waals surface area contributed by atoms with E-state index >= 15 is 0 Å². The van der Waals surface area contributed by atoms with Crippen LogP contribution in [-0.4, -0.2) is 54.0 Å². The summed E-state index contributed by atoms with van der Waals surface area (Å²) < 4.78 is 12.0. The van der Waals surface area contributed by atoms with Crippen LogP contribution in [0, 0.1) is 0 Å². The smallest absolute Gasteiger partial charge is 0.236 e. The minimum Gasteiger partial charge on any atom is -0.489 e. The summed E-state index contributed by atoms with van der Waals surface area (Å²) in [5.74, 6) is 2.63. The number of benzene rings is 2. The summed E-state index contributed by atoms with van der Waals surface area (Å²) in [6.07, 6.45) is 3.29. The van der Waals surface area contributed by atoms with E-state index in [1.165, 1.54) is 0 Å². The van der Waals surface area contributed by atoms with E-state index in [0.717, 1.165) is 56.1 Å². The Hall–Kier alpha value is -2.53. The fourth-order valence-corrected chi connectivity index (χ4v) is 4.05. The third-order valence-electron chi connectivity index (χ3n) is 5.55. The SMILES string of the molecule is C[C@@H]1CCCN1C(=O)CN1CC[C@H](Oc2cccc(Oc3ccccc3)c2)C1. The summed E-state index contributed by atoms with van der Waals surface area (Å²) in [6, 6.07) is 17.9. The van der Waals surface area contributed by atoms with Crippen LogP contribution < -0.4 is 9.47 Å². The number of hydrogen-bond donors (Lipinski definition) is 0. The Labute approximate surface area is 166 Å². The number of nitrogens with zero attached hydrogens (tertiary/aromatic N) is 2. The molecule has 0 aliphatic carbocycles. The maximum atomic E-state index is 12.5. The summed E-state index contributed by atoms with van der Waals surface area (Å²) >= 11 is 0. The Bertz CT molecular complexity index is 795. The van der Waals surface area contributed by atoms with Crippen LogP contribution in [0.2, 0.25) is 0 Å². The third-order valence-corrected chi connectivity index (χ3v) is 5.55. The molecule has 148 valence electrons. The molecule has 2 atom stereocenters. The topological polar surface area (TPSA) is 42.0 Å². The molecular weight excluding hydrogens is 352 g/mol. The van der Waals surface area contributed by atoms with Gasteiger partial charge in [0, 0.05) is 31.7 Å². The summed E-state index contributed by atoms with van der Waals surface area (Å²) in [5, 5.41) is 0. The van der Waals surface area contributed by atoms with E-state index in [4.69, 9.17) is 9.47 Å². The Morgan fingerprint density at radius 1 is 1.00 bits per heavy atom. The zero-order valence-electron chi connectivity index (χ0n) is 16.4. The van der Waals surface area contributed by atoms with Crippen molar-refractivity contribution in [3.05, 3.63) is 54.6 Å². The second-order valence-electron chi connectivity index (χ2n) is 7.73. The summed E-state index contributed by atoms with van der Waals surface area (Å²) in [6.45, 7) is 5.24. The molecular formula is C23H28N2O3. The Morgan fingerprint density at radius 3 is 2.57 bits per heavy atom. The van der Waals surface area contributed by atoms with Gasteiger partial charge in [-0.25, -0.2) is 0 Å². The molecule has 4 rings (SSSR count). The molecule has 1 amide bonds. The molecule has 0 unspecified atom stereocenters. The van der Waals surface area contributed by atoms with E-state index in [9.17, 15) is 4.79 Å². The minimum absolute atomic E-state index is 0.107. The van der Waals surface area contributed by atoms with Crippen LogP contribution in [0.25, 0.3) is 0 Å². The monoisotopic (exact) mass is 380 g/mol. The van der Waals surface area contributed by atoms with E-state index in [0.29, 0.717) is 12.6 Å². The van der Waals surface area contributed by atoms with Crippen LogP contribution in [0.4, 0.5) is 0 Å². The number of likely N-dealkylation sites (tertiary alicyclic amines) is 2. The fraction of sp³-hybridized carbons (Fsp3) is 0.435. The van der Waals surface area contributed by atoms with Crippen LogP contribution in [0.3, 0.4) is 0 Å². The summed E-state index contributed by atoms with van der Waals surface area (Å²) in [5.41, 5.74) is 0. The number of hydrogen-bond acceptors (Lipinski definition) is 4. The van der Waals surface area contributed by atoms with E-state index in [1.54, 1.807) is 0 Å². The molecule has 2 fully saturated rings. The molecule has 28 heavy (non-hydrogen) atoms. The largest absolute Gasteiger partial charge is 0.489 e.